The van der Waals surface area contributed by atoms with Crippen LogP contribution in [0.4, 0.5) is 4.79 Å². The number of hydrogen-bond acceptors (Lipinski definition) is 5. The van der Waals surface area contributed by atoms with Crippen LogP contribution in [-0.4, -0.2) is 52.0 Å². The third-order valence-corrected chi connectivity index (χ3v) is 2.09. The Balaban J connectivity index is 3.59. The Morgan fingerprint density at radius 1 is 1.22 bits per heavy atom. The lowest BCUT2D eigenvalue weighted by molar-refractivity contribution is -0.109. The molecule has 0 aromatic carbocycles. The number of aldehydes is 1. The molecule has 18 heavy (non-hydrogen) atoms. The van der Waals surface area contributed by atoms with Gasteiger partial charge < -0.3 is 24.3 Å². The van der Waals surface area contributed by atoms with Crippen LogP contribution in [0.2, 0.25) is 0 Å². The van der Waals surface area contributed by atoms with Gasteiger partial charge in [0, 0.05) is 7.11 Å². The Hall–Kier alpha value is -1.14. The maximum atomic E-state index is 11.3. The van der Waals surface area contributed by atoms with Crippen molar-refractivity contribution in [2.75, 3.05) is 33.5 Å². The molecule has 6 nitrogen and oxygen atoms in total. The lowest BCUT2D eigenvalue weighted by atomic mass is 10.1. The van der Waals surface area contributed by atoms with Crippen LogP contribution in [0.1, 0.15) is 20.3 Å². The largest absolute Gasteiger partial charge is 0.447 e. The molecule has 0 aromatic rings. The lowest BCUT2D eigenvalue weighted by Crippen LogP contribution is -2.37. The minimum Gasteiger partial charge on any atom is -0.447 e. The van der Waals surface area contributed by atoms with E-state index in [0.29, 0.717) is 32.2 Å². The zero-order valence-electron chi connectivity index (χ0n) is 11.3. The van der Waals surface area contributed by atoms with E-state index in [0.717, 1.165) is 6.29 Å². The molecule has 0 fully saturated rings. The Labute approximate surface area is 108 Å². The summed E-state index contributed by atoms with van der Waals surface area (Å²) in [5.41, 5.74) is 0. The van der Waals surface area contributed by atoms with Crippen LogP contribution in [0.25, 0.3) is 0 Å². The van der Waals surface area contributed by atoms with E-state index in [1.54, 1.807) is 7.11 Å². The third-order valence-electron chi connectivity index (χ3n) is 2.09. The SMILES string of the molecule is COCCOCCOC(=O)NC(C=O)CC(C)C. The zero-order chi connectivity index (χ0) is 13.8. The number of carbonyl (C=O) groups is 2. The molecule has 0 aliphatic carbocycles. The molecule has 6 heteroatoms. The van der Waals surface area contributed by atoms with Crippen molar-refractivity contribution < 1.29 is 23.8 Å². The van der Waals surface area contributed by atoms with Crippen molar-refractivity contribution in [3.05, 3.63) is 0 Å². The molecule has 106 valence electrons. The van der Waals surface area contributed by atoms with Crippen molar-refractivity contribution in [2.45, 2.75) is 26.3 Å². The van der Waals surface area contributed by atoms with Crippen LogP contribution >= 0.6 is 0 Å². The van der Waals surface area contributed by atoms with Gasteiger partial charge in [0.2, 0.25) is 0 Å². The zero-order valence-corrected chi connectivity index (χ0v) is 11.3. The Bertz CT molecular complexity index is 233. The molecule has 0 rings (SSSR count). The summed E-state index contributed by atoms with van der Waals surface area (Å²) in [4.78, 5) is 22.0. The van der Waals surface area contributed by atoms with Gasteiger partial charge in [-0.3, -0.25) is 0 Å². The Morgan fingerprint density at radius 2 is 1.89 bits per heavy atom. The smallest absolute Gasteiger partial charge is 0.407 e. The number of hydrogen-bond donors (Lipinski definition) is 1. The Morgan fingerprint density at radius 3 is 2.44 bits per heavy atom. The lowest BCUT2D eigenvalue weighted by Gasteiger charge is -2.14. The molecule has 0 aliphatic heterocycles. The van der Waals surface area contributed by atoms with Crippen LogP contribution in [0.5, 0.6) is 0 Å². The number of rotatable bonds is 10. The summed E-state index contributed by atoms with van der Waals surface area (Å²) in [5, 5.41) is 2.49. The molecule has 1 N–H and O–H groups in total. The first-order chi connectivity index (χ1) is 8.60. The van der Waals surface area contributed by atoms with E-state index in [-0.39, 0.29) is 6.61 Å². The summed E-state index contributed by atoms with van der Waals surface area (Å²) in [6.07, 6.45) is 0.724. The van der Waals surface area contributed by atoms with Gasteiger partial charge in [-0.15, -0.1) is 0 Å². The molecule has 0 saturated carbocycles. The van der Waals surface area contributed by atoms with E-state index in [1.807, 2.05) is 13.8 Å². The molecular formula is C12H23NO5. The van der Waals surface area contributed by atoms with Gasteiger partial charge >= 0.3 is 6.09 Å². The quantitative estimate of drug-likeness (QED) is 0.469. The average Bonchev–Trinajstić information content (AvgIpc) is 2.32. The average molecular weight is 261 g/mol. The standard InChI is InChI=1S/C12H23NO5/c1-10(2)8-11(9-14)13-12(15)18-7-6-17-5-4-16-3/h9-11H,4-8H2,1-3H3,(H,13,15). The van der Waals surface area contributed by atoms with Gasteiger partial charge in [0.05, 0.1) is 25.9 Å². The highest BCUT2D eigenvalue weighted by Gasteiger charge is 2.13. The van der Waals surface area contributed by atoms with E-state index in [4.69, 9.17) is 14.2 Å². The summed E-state index contributed by atoms with van der Waals surface area (Å²) in [7, 11) is 1.58. The van der Waals surface area contributed by atoms with Crippen LogP contribution in [0.3, 0.4) is 0 Å². The summed E-state index contributed by atoms with van der Waals surface area (Å²) in [5.74, 6) is 0.331. The Kier molecular flexibility index (Phi) is 10.3. The van der Waals surface area contributed by atoms with E-state index in [9.17, 15) is 9.59 Å². The monoisotopic (exact) mass is 261 g/mol. The summed E-state index contributed by atoms with van der Waals surface area (Å²) < 4.78 is 14.8. The second kappa shape index (κ2) is 11.0. The third kappa shape index (κ3) is 10.0. The molecule has 0 aromatic heterocycles. The van der Waals surface area contributed by atoms with Gasteiger partial charge in [0.1, 0.15) is 12.9 Å². The van der Waals surface area contributed by atoms with E-state index in [2.05, 4.69) is 5.32 Å². The van der Waals surface area contributed by atoms with Crippen molar-refractivity contribution in [1.29, 1.82) is 0 Å². The molecule has 0 heterocycles. The first-order valence-corrected chi connectivity index (χ1v) is 6.05. The maximum Gasteiger partial charge on any atom is 0.407 e. The van der Waals surface area contributed by atoms with E-state index < -0.39 is 12.1 Å². The number of ether oxygens (including phenoxy) is 3. The van der Waals surface area contributed by atoms with Gasteiger partial charge in [-0.1, -0.05) is 13.8 Å². The molecule has 1 amide bonds. The topological polar surface area (TPSA) is 73.9 Å². The fourth-order valence-electron chi connectivity index (χ4n) is 1.29. The molecule has 0 spiro atoms. The molecule has 0 saturated heterocycles. The molecule has 1 atom stereocenters. The van der Waals surface area contributed by atoms with Crippen LogP contribution in [0, 0.1) is 5.92 Å². The first-order valence-electron chi connectivity index (χ1n) is 6.05. The minimum absolute atomic E-state index is 0.156. The highest BCUT2D eigenvalue weighted by molar-refractivity contribution is 5.72. The van der Waals surface area contributed by atoms with Gasteiger partial charge in [0.25, 0.3) is 0 Å². The second-order valence-corrected chi connectivity index (χ2v) is 4.26. The number of alkyl carbamates (subject to hydrolysis) is 1. The highest BCUT2D eigenvalue weighted by atomic mass is 16.6. The van der Waals surface area contributed by atoms with E-state index >= 15 is 0 Å². The summed E-state index contributed by atoms with van der Waals surface area (Å²) >= 11 is 0. The molecule has 0 aliphatic rings. The molecule has 0 bridgehead atoms. The fraction of sp³-hybridized carbons (Fsp3) is 0.833. The van der Waals surface area contributed by atoms with Crippen molar-refractivity contribution in [3.8, 4) is 0 Å². The van der Waals surface area contributed by atoms with Crippen LogP contribution < -0.4 is 5.32 Å². The summed E-state index contributed by atoms with van der Waals surface area (Å²) in [6.45, 7) is 5.40. The predicted octanol–water partition coefficient (Wildman–Crippen LogP) is 0.989. The van der Waals surface area contributed by atoms with Gasteiger partial charge in [0.15, 0.2) is 0 Å². The van der Waals surface area contributed by atoms with Gasteiger partial charge in [-0.05, 0) is 12.3 Å². The number of methoxy groups -OCH3 is 1. The second-order valence-electron chi connectivity index (χ2n) is 4.26. The number of carbonyl (C=O) groups excluding carboxylic acids is 2. The number of amides is 1. The van der Waals surface area contributed by atoms with Crippen molar-refractivity contribution in [1.82, 2.24) is 5.32 Å². The van der Waals surface area contributed by atoms with Crippen LogP contribution in [0.15, 0.2) is 0 Å². The van der Waals surface area contributed by atoms with Gasteiger partial charge in [-0.2, -0.15) is 0 Å². The predicted molar refractivity (Wildman–Crippen MR) is 66.5 cm³/mol. The number of nitrogens with one attached hydrogen (secondary N) is 1. The summed E-state index contributed by atoms with van der Waals surface area (Å²) in [6, 6.07) is -0.494. The van der Waals surface area contributed by atoms with E-state index in [1.165, 1.54) is 0 Å². The van der Waals surface area contributed by atoms with Gasteiger partial charge in [-0.25, -0.2) is 4.79 Å². The highest BCUT2D eigenvalue weighted by Crippen LogP contribution is 2.02. The van der Waals surface area contributed by atoms with Crippen molar-refractivity contribution in [3.63, 3.8) is 0 Å². The first kappa shape index (κ1) is 16.9. The molecule has 0 radical (unpaired) electrons. The van der Waals surface area contributed by atoms with Crippen molar-refractivity contribution in [2.24, 2.45) is 5.92 Å². The maximum absolute atomic E-state index is 11.3. The molecular weight excluding hydrogens is 238 g/mol. The van der Waals surface area contributed by atoms with Crippen molar-refractivity contribution >= 4 is 12.4 Å². The minimum atomic E-state index is -0.594. The fourth-order valence-corrected chi connectivity index (χ4v) is 1.29. The normalized spacial score (nSPS) is 12.2. The van der Waals surface area contributed by atoms with Crippen LogP contribution in [-0.2, 0) is 19.0 Å². The molecule has 1 unspecified atom stereocenters.